The Bertz CT molecular complexity index is 312. The summed E-state index contributed by atoms with van der Waals surface area (Å²) in [5.74, 6) is 2.43. The van der Waals surface area contributed by atoms with Crippen LogP contribution in [0.4, 0.5) is 5.69 Å². The molecule has 0 aromatic carbocycles. The van der Waals surface area contributed by atoms with Gasteiger partial charge in [0, 0.05) is 17.5 Å². The fourth-order valence-electron chi connectivity index (χ4n) is 1.19. The molecule has 2 heterocycles. The van der Waals surface area contributed by atoms with Crippen LogP contribution < -0.4 is 5.32 Å². The maximum absolute atomic E-state index is 4.24. The number of rotatable bonds is 2. The predicted octanol–water partition coefficient (Wildman–Crippen LogP) is 2.68. The van der Waals surface area contributed by atoms with Gasteiger partial charge in [-0.2, -0.15) is 11.8 Å². The third-order valence-corrected chi connectivity index (χ3v) is 4.13. The summed E-state index contributed by atoms with van der Waals surface area (Å²) in [7, 11) is 0. The molecule has 1 aromatic rings. The zero-order valence-corrected chi connectivity index (χ0v) is 9.78. The van der Waals surface area contributed by atoms with Crippen molar-refractivity contribution in [3.63, 3.8) is 0 Å². The summed E-state index contributed by atoms with van der Waals surface area (Å²) >= 11 is 5.36. The molecule has 0 atom stereocenters. The van der Waals surface area contributed by atoms with Gasteiger partial charge in [-0.05, 0) is 34.5 Å². The number of halogens is 1. The van der Waals surface area contributed by atoms with Gasteiger partial charge in [0.2, 0.25) is 0 Å². The van der Waals surface area contributed by atoms with Crippen molar-refractivity contribution in [1.82, 2.24) is 4.98 Å². The molecule has 2 rings (SSSR count). The van der Waals surface area contributed by atoms with Crippen LogP contribution in [0.5, 0.6) is 0 Å². The predicted molar refractivity (Wildman–Crippen MR) is 61.4 cm³/mol. The summed E-state index contributed by atoms with van der Waals surface area (Å²) in [5.41, 5.74) is 2.31. The molecule has 70 valence electrons. The average molecular weight is 259 g/mol. The standard InChI is InChI=1S/C9H11BrN2S/c1-6-2-7(3-11-9(6)10)12-8-4-13-5-8/h2-3,8,12H,4-5H2,1H3. The number of pyridine rings is 1. The molecule has 4 heteroatoms. The van der Waals surface area contributed by atoms with Crippen molar-refractivity contribution >= 4 is 33.4 Å². The molecule has 1 aliphatic heterocycles. The minimum Gasteiger partial charge on any atom is -0.379 e. The summed E-state index contributed by atoms with van der Waals surface area (Å²) in [6.07, 6.45) is 1.88. The molecule has 1 aliphatic rings. The first-order valence-corrected chi connectivity index (χ1v) is 6.17. The summed E-state index contributed by atoms with van der Waals surface area (Å²) in [6.45, 7) is 2.05. The molecule has 0 unspecified atom stereocenters. The van der Waals surface area contributed by atoms with Gasteiger partial charge in [-0.3, -0.25) is 0 Å². The Morgan fingerprint density at radius 3 is 2.92 bits per heavy atom. The SMILES string of the molecule is Cc1cc(NC2CSC2)cnc1Br. The monoisotopic (exact) mass is 258 g/mol. The number of thioether (sulfide) groups is 1. The van der Waals surface area contributed by atoms with Crippen molar-refractivity contribution in [1.29, 1.82) is 0 Å². The van der Waals surface area contributed by atoms with E-state index < -0.39 is 0 Å². The summed E-state index contributed by atoms with van der Waals surface area (Å²) in [6, 6.07) is 2.77. The van der Waals surface area contributed by atoms with E-state index in [4.69, 9.17) is 0 Å². The van der Waals surface area contributed by atoms with Crippen LogP contribution in [0.2, 0.25) is 0 Å². The third-order valence-electron chi connectivity index (χ3n) is 2.02. The summed E-state index contributed by atoms with van der Waals surface area (Å²) in [4.78, 5) is 4.24. The maximum atomic E-state index is 4.24. The molecular formula is C9H11BrN2S. The number of aryl methyl sites for hydroxylation is 1. The Morgan fingerprint density at radius 2 is 2.38 bits per heavy atom. The molecule has 1 saturated heterocycles. The molecule has 0 spiro atoms. The highest BCUT2D eigenvalue weighted by molar-refractivity contribution is 9.10. The van der Waals surface area contributed by atoms with E-state index in [9.17, 15) is 0 Å². The van der Waals surface area contributed by atoms with Crippen LogP contribution in [0.15, 0.2) is 16.9 Å². The quantitative estimate of drug-likeness (QED) is 0.826. The van der Waals surface area contributed by atoms with E-state index in [0.29, 0.717) is 6.04 Å². The van der Waals surface area contributed by atoms with Gasteiger partial charge in [-0.15, -0.1) is 0 Å². The number of hydrogen-bond acceptors (Lipinski definition) is 3. The van der Waals surface area contributed by atoms with Crippen molar-refractivity contribution in [2.75, 3.05) is 16.8 Å². The maximum Gasteiger partial charge on any atom is 0.109 e. The van der Waals surface area contributed by atoms with E-state index in [1.807, 2.05) is 18.0 Å². The van der Waals surface area contributed by atoms with Crippen LogP contribution in [-0.4, -0.2) is 22.5 Å². The van der Waals surface area contributed by atoms with Gasteiger partial charge in [0.1, 0.15) is 4.60 Å². The van der Waals surface area contributed by atoms with E-state index in [-0.39, 0.29) is 0 Å². The number of nitrogens with zero attached hydrogens (tertiary/aromatic N) is 1. The smallest absolute Gasteiger partial charge is 0.109 e. The molecule has 0 radical (unpaired) electrons. The first-order chi connectivity index (χ1) is 6.25. The minimum absolute atomic E-state index is 0.646. The molecule has 2 nitrogen and oxygen atoms in total. The van der Waals surface area contributed by atoms with Gasteiger partial charge in [-0.25, -0.2) is 4.98 Å². The number of hydrogen-bond donors (Lipinski definition) is 1. The second-order valence-electron chi connectivity index (χ2n) is 3.21. The largest absolute Gasteiger partial charge is 0.379 e. The van der Waals surface area contributed by atoms with E-state index in [1.54, 1.807) is 0 Å². The van der Waals surface area contributed by atoms with Crippen molar-refractivity contribution in [2.45, 2.75) is 13.0 Å². The molecule has 1 N–H and O–H groups in total. The number of anilines is 1. The van der Waals surface area contributed by atoms with Crippen LogP contribution in [-0.2, 0) is 0 Å². The third kappa shape index (κ3) is 2.17. The first-order valence-electron chi connectivity index (χ1n) is 4.22. The van der Waals surface area contributed by atoms with E-state index in [0.717, 1.165) is 10.3 Å². The lowest BCUT2D eigenvalue weighted by Gasteiger charge is -2.26. The van der Waals surface area contributed by atoms with Gasteiger partial charge in [-0.1, -0.05) is 0 Å². The zero-order valence-electron chi connectivity index (χ0n) is 7.38. The van der Waals surface area contributed by atoms with Crippen LogP contribution in [0.3, 0.4) is 0 Å². The second kappa shape index (κ2) is 3.88. The number of aromatic nitrogens is 1. The molecule has 0 amide bonds. The second-order valence-corrected chi connectivity index (χ2v) is 5.04. The van der Waals surface area contributed by atoms with Crippen LogP contribution in [0, 0.1) is 6.92 Å². The molecule has 1 aromatic heterocycles. The molecule has 13 heavy (non-hydrogen) atoms. The highest BCUT2D eigenvalue weighted by atomic mass is 79.9. The topological polar surface area (TPSA) is 24.9 Å². The Hall–Kier alpha value is -0.220. The lowest BCUT2D eigenvalue weighted by molar-refractivity contribution is 0.880. The summed E-state index contributed by atoms with van der Waals surface area (Å²) < 4.78 is 0.932. The molecule has 0 saturated carbocycles. The lowest BCUT2D eigenvalue weighted by atomic mass is 10.2. The fraction of sp³-hybridized carbons (Fsp3) is 0.444. The van der Waals surface area contributed by atoms with E-state index in [2.05, 4.69) is 39.2 Å². The van der Waals surface area contributed by atoms with Crippen molar-refractivity contribution in [3.8, 4) is 0 Å². The first kappa shape index (κ1) is 9.34. The number of nitrogens with one attached hydrogen (secondary N) is 1. The van der Waals surface area contributed by atoms with Gasteiger partial charge >= 0.3 is 0 Å². The Labute approximate surface area is 90.6 Å². The minimum atomic E-state index is 0.646. The van der Waals surface area contributed by atoms with Crippen LogP contribution >= 0.6 is 27.7 Å². The normalized spacial score (nSPS) is 16.8. The highest BCUT2D eigenvalue weighted by Gasteiger charge is 2.17. The van der Waals surface area contributed by atoms with E-state index >= 15 is 0 Å². The van der Waals surface area contributed by atoms with Gasteiger partial charge in [0.25, 0.3) is 0 Å². The molecular weight excluding hydrogens is 248 g/mol. The van der Waals surface area contributed by atoms with Crippen LogP contribution in [0.1, 0.15) is 5.56 Å². The lowest BCUT2D eigenvalue weighted by Crippen LogP contribution is -2.33. The van der Waals surface area contributed by atoms with Crippen molar-refractivity contribution in [2.24, 2.45) is 0 Å². The fourth-order valence-corrected chi connectivity index (χ4v) is 2.05. The van der Waals surface area contributed by atoms with Gasteiger partial charge in [0.05, 0.1) is 11.9 Å². The summed E-state index contributed by atoms with van der Waals surface area (Å²) in [5, 5.41) is 3.44. The average Bonchev–Trinajstić information content (AvgIpc) is 2.04. The molecule has 0 bridgehead atoms. The Morgan fingerprint density at radius 1 is 1.62 bits per heavy atom. The van der Waals surface area contributed by atoms with Crippen molar-refractivity contribution in [3.05, 3.63) is 22.4 Å². The zero-order chi connectivity index (χ0) is 9.26. The van der Waals surface area contributed by atoms with Crippen molar-refractivity contribution < 1.29 is 0 Å². The van der Waals surface area contributed by atoms with Gasteiger partial charge in [0.15, 0.2) is 0 Å². The van der Waals surface area contributed by atoms with E-state index in [1.165, 1.54) is 17.1 Å². The molecule has 1 fully saturated rings. The van der Waals surface area contributed by atoms with Crippen LogP contribution in [0.25, 0.3) is 0 Å². The molecule has 0 aliphatic carbocycles. The van der Waals surface area contributed by atoms with Gasteiger partial charge < -0.3 is 5.32 Å². The Kier molecular flexibility index (Phi) is 2.79. The Balaban J connectivity index is 2.07. The highest BCUT2D eigenvalue weighted by Crippen LogP contribution is 2.23.